The highest BCUT2D eigenvalue weighted by molar-refractivity contribution is 5.56. The standard InChI is InChI=1S/C17H22N4/c1-14-4-3-7-19-17(14)13-20-8-10-21(11-9-20)16-6-2-5-15(18)12-16/h2-7,12H,8-11,13,18H2,1H3. The molecule has 0 saturated carbocycles. The van der Waals surface area contributed by atoms with Crippen LogP contribution in [-0.2, 0) is 6.54 Å². The minimum Gasteiger partial charge on any atom is -0.399 e. The van der Waals surface area contributed by atoms with Gasteiger partial charge in [-0.2, -0.15) is 0 Å². The zero-order valence-electron chi connectivity index (χ0n) is 12.5. The van der Waals surface area contributed by atoms with Gasteiger partial charge in [-0.3, -0.25) is 9.88 Å². The SMILES string of the molecule is Cc1cccnc1CN1CCN(c2cccc(N)c2)CC1. The molecule has 0 spiro atoms. The molecule has 1 aliphatic rings. The Balaban J connectivity index is 1.59. The van der Waals surface area contributed by atoms with Crippen molar-refractivity contribution in [3.05, 3.63) is 53.9 Å². The van der Waals surface area contributed by atoms with E-state index < -0.39 is 0 Å². The molecule has 0 bridgehead atoms. The number of hydrogen-bond acceptors (Lipinski definition) is 4. The Morgan fingerprint density at radius 2 is 1.90 bits per heavy atom. The molecular formula is C17H22N4. The molecule has 1 aromatic carbocycles. The van der Waals surface area contributed by atoms with Crippen molar-refractivity contribution < 1.29 is 0 Å². The van der Waals surface area contributed by atoms with E-state index in [0.29, 0.717) is 0 Å². The van der Waals surface area contributed by atoms with Gasteiger partial charge in [-0.25, -0.2) is 0 Å². The van der Waals surface area contributed by atoms with Crippen LogP contribution in [0.2, 0.25) is 0 Å². The number of nitrogens with two attached hydrogens (primary N) is 1. The molecule has 21 heavy (non-hydrogen) atoms. The summed E-state index contributed by atoms with van der Waals surface area (Å²) in [6.07, 6.45) is 1.88. The van der Waals surface area contributed by atoms with E-state index in [9.17, 15) is 0 Å². The zero-order valence-corrected chi connectivity index (χ0v) is 12.5. The lowest BCUT2D eigenvalue weighted by Crippen LogP contribution is -2.46. The molecule has 0 amide bonds. The summed E-state index contributed by atoms with van der Waals surface area (Å²) in [7, 11) is 0. The van der Waals surface area contributed by atoms with E-state index in [1.807, 2.05) is 24.4 Å². The highest BCUT2D eigenvalue weighted by Gasteiger charge is 2.18. The van der Waals surface area contributed by atoms with Crippen molar-refractivity contribution in [1.82, 2.24) is 9.88 Å². The summed E-state index contributed by atoms with van der Waals surface area (Å²) >= 11 is 0. The third-order valence-electron chi connectivity index (χ3n) is 4.10. The fourth-order valence-electron chi connectivity index (χ4n) is 2.78. The fourth-order valence-corrected chi connectivity index (χ4v) is 2.78. The van der Waals surface area contributed by atoms with Crippen molar-refractivity contribution in [2.24, 2.45) is 0 Å². The van der Waals surface area contributed by atoms with Crippen molar-refractivity contribution in [3.63, 3.8) is 0 Å². The molecule has 110 valence electrons. The largest absolute Gasteiger partial charge is 0.399 e. The maximum atomic E-state index is 5.87. The number of pyridine rings is 1. The third kappa shape index (κ3) is 3.34. The molecule has 2 heterocycles. The Bertz CT molecular complexity index is 603. The second-order valence-corrected chi connectivity index (χ2v) is 5.63. The summed E-state index contributed by atoms with van der Waals surface area (Å²) in [6.45, 7) is 7.27. The number of nitrogen functional groups attached to an aromatic ring is 1. The first-order chi connectivity index (χ1) is 10.2. The van der Waals surface area contributed by atoms with Gasteiger partial charge in [-0.15, -0.1) is 0 Å². The Labute approximate surface area is 126 Å². The predicted molar refractivity (Wildman–Crippen MR) is 87.3 cm³/mol. The lowest BCUT2D eigenvalue weighted by atomic mass is 10.2. The molecule has 1 saturated heterocycles. The lowest BCUT2D eigenvalue weighted by molar-refractivity contribution is 0.246. The van der Waals surface area contributed by atoms with Gasteiger partial charge in [0, 0.05) is 50.3 Å². The Hall–Kier alpha value is -2.07. The van der Waals surface area contributed by atoms with Gasteiger partial charge in [0.25, 0.3) is 0 Å². The molecule has 4 nitrogen and oxygen atoms in total. The molecule has 1 fully saturated rings. The minimum absolute atomic E-state index is 0.832. The van der Waals surface area contributed by atoms with Gasteiger partial charge >= 0.3 is 0 Å². The van der Waals surface area contributed by atoms with E-state index in [1.54, 1.807) is 0 Å². The number of aryl methyl sites for hydroxylation is 1. The van der Waals surface area contributed by atoms with Gasteiger partial charge in [0.05, 0.1) is 5.69 Å². The van der Waals surface area contributed by atoms with Crippen molar-refractivity contribution in [2.75, 3.05) is 36.8 Å². The quantitative estimate of drug-likeness (QED) is 0.877. The Kier molecular flexibility index (Phi) is 4.06. The number of nitrogens with zero attached hydrogens (tertiary/aromatic N) is 3. The molecule has 3 rings (SSSR count). The first-order valence-electron chi connectivity index (χ1n) is 7.46. The summed E-state index contributed by atoms with van der Waals surface area (Å²) in [6, 6.07) is 12.3. The molecule has 1 aliphatic heterocycles. The lowest BCUT2D eigenvalue weighted by Gasteiger charge is -2.36. The van der Waals surface area contributed by atoms with Crippen LogP contribution in [0.4, 0.5) is 11.4 Å². The summed E-state index contributed by atoms with van der Waals surface area (Å²) in [5.74, 6) is 0. The summed E-state index contributed by atoms with van der Waals surface area (Å²) in [4.78, 5) is 9.36. The molecule has 0 radical (unpaired) electrons. The van der Waals surface area contributed by atoms with Crippen LogP contribution >= 0.6 is 0 Å². The molecule has 2 N–H and O–H groups in total. The highest BCUT2D eigenvalue weighted by Crippen LogP contribution is 2.19. The van der Waals surface area contributed by atoms with Crippen LogP contribution in [0.5, 0.6) is 0 Å². The number of aromatic nitrogens is 1. The Morgan fingerprint density at radius 3 is 2.62 bits per heavy atom. The maximum Gasteiger partial charge on any atom is 0.0573 e. The second kappa shape index (κ2) is 6.14. The molecule has 0 unspecified atom stereocenters. The molecule has 4 heteroatoms. The van der Waals surface area contributed by atoms with Gasteiger partial charge in [0.15, 0.2) is 0 Å². The number of rotatable bonds is 3. The van der Waals surface area contributed by atoms with E-state index in [2.05, 4.69) is 39.9 Å². The van der Waals surface area contributed by atoms with Crippen LogP contribution < -0.4 is 10.6 Å². The van der Waals surface area contributed by atoms with Crippen LogP contribution in [0, 0.1) is 6.92 Å². The molecule has 1 aromatic heterocycles. The number of benzene rings is 1. The topological polar surface area (TPSA) is 45.4 Å². The zero-order chi connectivity index (χ0) is 14.7. The van der Waals surface area contributed by atoms with Crippen molar-refractivity contribution in [3.8, 4) is 0 Å². The molecule has 2 aromatic rings. The van der Waals surface area contributed by atoms with Crippen LogP contribution in [0.15, 0.2) is 42.6 Å². The van der Waals surface area contributed by atoms with Crippen molar-refractivity contribution in [2.45, 2.75) is 13.5 Å². The van der Waals surface area contributed by atoms with Gasteiger partial charge in [-0.1, -0.05) is 12.1 Å². The van der Waals surface area contributed by atoms with Gasteiger partial charge < -0.3 is 10.6 Å². The fraction of sp³-hybridized carbons (Fsp3) is 0.353. The first-order valence-corrected chi connectivity index (χ1v) is 7.46. The summed E-state index contributed by atoms with van der Waals surface area (Å²) < 4.78 is 0. The van der Waals surface area contributed by atoms with Crippen LogP contribution in [0.3, 0.4) is 0 Å². The van der Waals surface area contributed by atoms with E-state index in [1.165, 1.54) is 16.9 Å². The van der Waals surface area contributed by atoms with E-state index in [-0.39, 0.29) is 0 Å². The molecular weight excluding hydrogens is 260 g/mol. The maximum absolute atomic E-state index is 5.87. The number of anilines is 2. The van der Waals surface area contributed by atoms with Crippen molar-refractivity contribution >= 4 is 11.4 Å². The average Bonchev–Trinajstić information content (AvgIpc) is 2.50. The van der Waals surface area contributed by atoms with Gasteiger partial charge in [-0.05, 0) is 36.8 Å². The monoisotopic (exact) mass is 282 g/mol. The average molecular weight is 282 g/mol. The minimum atomic E-state index is 0.832. The number of piperazine rings is 1. The normalized spacial score (nSPS) is 16.1. The second-order valence-electron chi connectivity index (χ2n) is 5.63. The molecule has 0 atom stereocenters. The van der Waals surface area contributed by atoms with Gasteiger partial charge in [0.2, 0.25) is 0 Å². The highest BCUT2D eigenvalue weighted by atomic mass is 15.3. The molecule has 0 aliphatic carbocycles. The van der Waals surface area contributed by atoms with Crippen LogP contribution in [0.25, 0.3) is 0 Å². The van der Waals surface area contributed by atoms with E-state index in [0.717, 1.165) is 38.4 Å². The van der Waals surface area contributed by atoms with E-state index in [4.69, 9.17) is 5.73 Å². The van der Waals surface area contributed by atoms with Gasteiger partial charge in [0.1, 0.15) is 0 Å². The first kappa shape index (κ1) is 13.9. The third-order valence-corrected chi connectivity index (χ3v) is 4.10. The summed E-state index contributed by atoms with van der Waals surface area (Å²) in [5.41, 5.74) is 10.4. The number of hydrogen-bond donors (Lipinski definition) is 1. The van der Waals surface area contributed by atoms with E-state index >= 15 is 0 Å². The van der Waals surface area contributed by atoms with Crippen LogP contribution in [0.1, 0.15) is 11.3 Å². The predicted octanol–water partition coefficient (Wildman–Crippen LogP) is 2.29. The smallest absolute Gasteiger partial charge is 0.0573 e. The Morgan fingerprint density at radius 1 is 1.10 bits per heavy atom. The summed E-state index contributed by atoms with van der Waals surface area (Å²) in [5, 5.41) is 0. The van der Waals surface area contributed by atoms with Crippen LogP contribution in [-0.4, -0.2) is 36.1 Å². The van der Waals surface area contributed by atoms with Crippen molar-refractivity contribution in [1.29, 1.82) is 0 Å².